The highest BCUT2D eigenvalue weighted by Gasteiger charge is 2.42. The molecule has 0 saturated heterocycles. The Morgan fingerprint density at radius 2 is 1.90 bits per heavy atom. The number of amides is 2. The van der Waals surface area contributed by atoms with Crippen LogP contribution in [0.1, 0.15) is 32.7 Å². The molecular weight excluding hydrogens is 778 g/mol. The van der Waals surface area contributed by atoms with Crippen LogP contribution < -0.4 is 20.4 Å². The number of carbonyl (C=O) groups excluding carboxylic acids is 3. The number of aliphatic hydroxyl groups is 2. The zero-order valence-electron chi connectivity index (χ0n) is 25.3. The highest BCUT2D eigenvalue weighted by Crippen LogP contribution is 2.37. The van der Waals surface area contributed by atoms with Gasteiger partial charge in [0.05, 0.1) is 33.4 Å². The molecule has 0 unspecified atom stereocenters. The quantitative estimate of drug-likeness (QED) is 0.110. The lowest BCUT2D eigenvalue weighted by atomic mass is 9.87. The summed E-state index contributed by atoms with van der Waals surface area (Å²) in [4.78, 5) is 53.6. The van der Waals surface area contributed by atoms with Gasteiger partial charge in [0.25, 0.3) is 5.91 Å². The average Bonchev–Trinajstić information content (AvgIpc) is 3.08. The van der Waals surface area contributed by atoms with Crippen LogP contribution in [0.15, 0.2) is 81.5 Å². The van der Waals surface area contributed by atoms with Crippen molar-refractivity contribution in [3.8, 4) is 11.5 Å². The van der Waals surface area contributed by atoms with E-state index in [2.05, 4.69) is 5.32 Å². The van der Waals surface area contributed by atoms with Gasteiger partial charge >= 0.3 is 5.63 Å². The number of para-hydroxylation sites is 1. The molecule has 1 aliphatic rings. The molecule has 0 aliphatic heterocycles. The lowest BCUT2D eigenvalue weighted by Crippen LogP contribution is -2.55. The van der Waals surface area contributed by atoms with Crippen LogP contribution in [-0.2, 0) is 11.3 Å². The van der Waals surface area contributed by atoms with Gasteiger partial charge in [-0.15, -0.1) is 0 Å². The molecular formula is C34H29Cl2IN2O9. The fourth-order valence-electron chi connectivity index (χ4n) is 5.38. The molecule has 0 saturated carbocycles. The van der Waals surface area contributed by atoms with Crippen LogP contribution in [-0.4, -0.2) is 71.7 Å². The SMILES string of the molecule is COc1cc(C=O)cc(I)c1O[C@H]1C=C(C(=O)NCCO)C[C@@H](N(Cc2ccc(Cl)c(Cl)c2)C(=O)c2cc3ccccc3oc2=O)[C@@H]1O. The summed E-state index contributed by atoms with van der Waals surface area (Å²) in [6.45, 7) is -0.516. The first-order valence-electron chi connectivity index (χ1n) is 14.6. The third kappa shape index (κ3) is 7.68. The second-order valence-electron chi connectivity index (χ2n) is 10.8. The fourth-order valence-corrected chi connectivity index (χ4v) is 6.45. The molecule has 3 atom stereocenters. The van der Waals surface area contributed by atoms with Gasteiger partial charge in [0.1, 0.15) is 29.6 Å². The summed E-state index contributed by atoms with van der Waals surface area (Å²) in [6, 6.07) is 14.8. The van der Waals surface area contributed by atoms with Crippen molar-refractivity contribution in [2.75, 3.05) is 20.3 Å². The highest BCUT2D eigenvalue weighted by molar-refractivity contribution is 14.1. The summed E-state index contributed by atoms with van der Waals surface area (Å²) in [6.07, 6.45) is -0.740. The van der Waals surface area contributed by atoms with Crippen molar-refractivity contribution in [2.45, 2.75) is 31.2 Å². The van der Waals surface area contributed by atoms with E-state index >= 15 is 0 Å². The molecule has 1 aromatic heterocycles. The molecule has 0 spiro atoms. The number of nitrogens with zero attached hydrogens (tertiary/aromatic N) is 1. The number of aldehydes is 1. The van der Waals surface area contributed by atoms with Gasteiger partial charge in [-0.1, -0.05) is 47.5 Å². The van der Waals surface area contributed by atoms with Crippen molar-refractivity contribution >= 4 is 74.9 Å². The van der Waals surface area contributed by atoms with Crippen LogP contribution in [0.5, 0.6) is 11.5 Å². The molecule has 11 nitrogen and oxygen atoms in total. The number of benzene rings is 3. The van der Waals surface area contributed by atoms with Gasteiger partial charge in [0.15, 0.2) is 11.5 Å². The predicted octanol–water partition coefficient (Wildman–Crippen LogP) is 4.78. The summed E-state index contributed by atoms with van der Waals surface area (Å²) < 4.78 is 17.7. The number of ether oxygens (including phenoxy) is 2. The number of aliphatic hydroxyl groups excluding tert-OH is 2. The van der Waals surface area contributed by atoms with Crippen molar-refractivity contribution in [1.29, 1.82) is 0 Å². The van der Waals surface area contributed by atoms with E-state index in [1.807, 2.05) is 22.6 Å². The van der Waals surface area contributed by atoms with Crippen LogP contribution in [0.3, 0.4) is 0 Å². The number of carbonyl (C=O) groups is 3. The minimum atomic E-state index is -1.45. The Hall–Kier alpha value is -3.95. The second kappa shape index (κ2) is 15.5. The Labute approximate surface area is 298 Å². The molecule has 14 heteroatoms. The number of fused-ring (bicyclic) bond motifs is 1. The van der Waals surface area contributed by atoms with E-state index in [0.717, 1.165) is 0 Å². The summed E-state index contributed by atoms with van der Waals surface area (Å²) in [5.41, 5.74) is 0.116. The van der Waals surface area contributed by atoms with Crippen molar-refractivity contribution in [3.05, 3.63) is 113 Å². The Bertz CT molecular complexity index is 1970. The van der Waals surface area contributed by atoms with E-state index < -0.39 is 35.7 Å². The maximum absolute atomic E-state index is 14.4. The molecule has 4 aromatic rings. The summed E-state index contributed by atoms with van der Waals surface area (Å²) >= 11 is 14.4. The lowest BCUT2D eigenvalue weighted by molar-refractivity contribution is -0.118. The average molecular weight is 807 g/mol. The van der Waals surface area contributed by atoms with Crippen molar-refractivity contribution in [1.82, 2.24) is 10.2 Å². The van der Waals surface area contributed by atoms with Crippen molar-refractivity contribution in [2.24, 2.45) is 0 Å². The van der Waals surface area contributed by atoms with Crippen molar-refractivity contribution < 1.29 is 38.5 Å². The number of halogens is 3. The molecule has 3 N–H and O–H groups in total. The van der Waals surface area contributed by atoms with Gasteiger partial charge in [-0.3, -0.25) is 14.4 Å². The topological polar surface area (TPSA) is 156 Å². The molecule has 0 fully saturated rings. The Kier molecular flexibility index (Phi) is 11.4. The molecule has 250 valence electrons. The summed E-state index contributed by atoms with van der Waals surface area (Å²) in [5, 5.41) is 24.9. The van der Waals surface area contributed by atoms with E-state index in [-0.39, 0.29) is 64.4 Å². The lowest BCUT2D eigenvalue weighted by Gasteiger charge is -2.40. The fraction of sp³-hybridized carbons (Fsp3) is 0.235. The normalized spacial score (nSPS) is 17.4. The molecule has 48 heavy (non-hydrogen) atoms. The van der Waals surface area contributed by atoms with Crippen LogP contribution in [0.2, 0.25) is 10.0 Å². The van der Waals surface area contributed by atoms with Gasteiger partial charge < -0.3 is 34.3 Å². The molecule has 0 radical (unpaired) electrons. The number of methoxy groups -OCH3 is 1. The van der Waals surface area contributed by atoms with E-state index in [4.69, 9.17) is 37.1 Å². The van der Waals surface area contributed by atoms with Crippen molar-refractivity contribution in [3.63, 3.8) is 0 Å². The van der Waals surface area contributed by atoms with Crippen LogP contribution in [0.25, 0.3) is 11.0 Å². The van der Waals surface area contributed by atoms with Crippen LogP contribution in [0.4, 0.5) is 0 Å². The first-order valence-corrected chi connectivity index (χ1v) is 16.4. The monoisotopic (exact) mass is 806 g/mol. The molecule has 1 aliphatic carbocycles. The molecule has 0 bridgehead atoms. The molecule has 3 aromatic carbocycles. The number of nitrogens with one attached hydrogen (secondary N) is 1. The number of hydrogen-bond acceptors (Lipinski definition) is 9. The molecule has 1 heterocycles. The molecule has 2 amide bonds. The maximum Gasteiger partial charge on any atom is 0.349 e. The van der Waals surface area contributed by atoms with E-state index in [0.29, 0.717) is 26.4 Å². The van der Waals surface area contributed by atoms with E-state index in [1.54, 1.807) is 48.5 Å². The first-order chi connectivity index (χ1) is 23.0. The summed E-state index contributed by atoms with van der Waals surface area (Å²) in [7, 11) is 1.39. The number of hydrogen-bond donors (Lipinski definition) is 3. The van der Waals surface area contributed by atoms with Gasteiger partial charge in [0, 0.05) is 36.0 Å². The third-order valence-corrected chi connectivity index (χ3v) is 9.27. The Balaban J connectivity index is 1.62. The standard InChI is InChI=1S/C34H29Cl2IN2O9/c1-46-29-12-19(17-41)11-25(37)31(29)47-28-15-21(32(43)38-8-9-40)14-26(30(28)42)39(16-18-6-7-23(35)24(36)10-18)33(44)22-13-20-4-2-3-5-27(20)48-34(22)45/h2-7,10-13,15,17,26,28,30,40,42H,8-9,14,16H2,1H3,(H,38,43)/t26-,28+,30+/m1/s1. The maximum atomic E-state index is 14.4. The second-order valence-corrected chi connectivity index (χ2v) is 12.8. The largest absolute Gasteiger partial charge is 0.493 e. The minimum absolute atomic E-state index is 0.0438. The van der Waals surface area contributed by atoms with Crippen LogP contribution in [0, 0.1) is 3.57 Å². The zero-order chi connectivity index (χ0) is 34.5. The smallest absolute Gasteiger partial charge is 0.349 e. The Morgan fingerprint density at radius 3 is 2.60 bits per heavy atom. The number of rotatable bonds is 11. The Morgan fingerprint density at radius 1 is 1.12 bits per heavy atom. The van der Waals surface area contributed by atoms with E-state index in [9.17, 15) is 29.4 Å². The van der Waals surface area contributed by atoms with Gasteiger partial charge in [-0.25, -0.2) is 4.79 Å². The van der Waals surface area contributed by atoms with Gasteiger partial charge in [-0.05, 0) is 70.6 Å². The third-order valence-electron chi connectivity index (χ3n) is 7.73. The van der Waals surface area contributed by atoms with Gasteiger partial charge in [0.2, 0.25) is 5.91 Å². The highest BCUT2D eigenvalue weighted by atomic mass is 127. The summed E-state index contributed by atoms with van der Waals surface area (Å²) in [5.74, 6) is -0.935. The zero-order valence-corrected chi connectivity index (χ0v) is 29.0. The first kappa shape index (κ1) is 35.4. The van der Waals surface area contributed by atoms with Crippen LogP contribution >= 0.6 is 45.8 Å². The minimum Gasteiger partial charge on any atom is -0.493 e. The molecule has 5 rings (SSSR count). The predicted molar refractivity (Wildman–Crippen MR) is 187 cm³/mol. The van der Waals surface area contributed by atoms with Gasteiger partial charge in [-0.2, -0.15) is 0 Å². The van der Waals surface area contributed by atoms with E-state index in [1.165, 1.54) is 30.2 Å².